The Morgan fingerprint density at radius 1 is 1.11 bits per heavy atom. The average Bonchev–Trinajstić information content (AvgIpc) is 3.38. The number of nitrogens with zero attached hydrogens (tertiary/aromatic N) is 4. The molecule has 1 aliphatic rings. The predicted molar refractivity (Wildman–Crippen MR) is 107 cm³/mol. The Morgan fingerprint density at radius 2 is 1.77 bits per heavy atom. The molecule has 0 spiro atoms. The first-order valence-corrected chi connectivity index (χ1v) is 9.70. The van der Waals surface area contributed by atoms with Gasteiger partial charge in [0.25, 0.3) is 11.8 Å². The van der Waals surface area contributed by atoms with Crippen molar-refractivity contribution in [1.29, 1.82) is 0 Å². The molecular formula is C20H17F6N5O4. The monoisotopic (exact) mass is 505 g/mol. The summed E-state index contributed by atoms with van der Waals surface area (Å²) in [6.07, 6.45) is -5.89. The number of hydrazine groups is 1. The lowest BCUT2D eigenvalue weighted by Crippen LogP contribution is -2.43. The van der Waals surface area contributed by atoms with Gasteiger partial charge in [0, 0.05) is 31.0 Å². The average molecular weight is 505 g/mol. The maximum absolute atomic E-state index is 13.0. The van der Waals surface area contributed by atoms with Crippen LogP contribution in [0.5, 0.6) is 0 Å². The minimum absolute atomic E-state index is 0.00667. The number of hydrogen-bond acceptors (Lipinski definition) is 6. The number of aromatic nitrogens is 3. The van der Waals surface area contributed by atoms with Gasteiger partial charge in [0.2, 0.25) is 0 Å². The molecule has 188 valence electrons. The maximum atomic E-state index is 13.0. The summed E-state index contributed by atoms with van der Waals surface area (Å²) in [7, 11) is 1.48. The van der Waals surface area contributed by atoms with Gasteiger partial charge in [0.05, 0.1) is 17.7 Å². The number of halogens is 6. The van der Waals surface area contributed by atoms with Crippen LogP contribution >= 0.6 is 0 Å². The van der Waals surface area contributed by atoms with E-state index >= 15 is 0 Å². The molecule has 1 N–H and O–H groups in total. The van der Waals surface area contributed by atoms with Crippen molar-refractivity contribution >= 4 is 18.0 Å². The van der Waals surface area contributed by atoms with E-state index < -0.39 is 46.7 Å². The lowest BCUT2D eigenvalue weighted by molar-refractivity contribution is -0.143. The minimum Gasteiger partial charge on any atom is -0.493 e. The molecule has 0 bridgehead atoms. The second kappa shape index (κ2) is 10.2. The maximum Gasteiger partial charge on any atom is 0.416 e. The highest BCUT2D eigenvalue weighted by Crippen LogP contribution is 2.38. The van der Waals surface area contributed by atoms with Crippen molar-refractivity contribution in [3.05, 3.63) is 53.6 Å². The summed E-state index contributed by atoms with van der Waals surface area (Å²) in [6.45, 7) is 0.494. The van der Waals surface area contributed by atoms with Crippen LogP contribution < -0.4 is 5.43 Å². The fourth-order valence-corrected chi connectivity index (χ4v) is 2.81. The van der Waals surface area contributed by atoms with Gasteiger partial charge in [-0.15, -0.1) is 5.10 Å². The smallest absolute Gasteiger partial charge is 0.416 e. The Morgan fingerprint density at radius 3 is 2.37 bits per heavy atom. The van der Waals surface area contributed by atoms with E-state index in [1.54, 1.807) is 0 Å². The van der Waals surface area contributed by atoms with E-state index in [4.69, 9.17) is 9.47 Å². The zero-order valence-electron chi connectivity index (χ0n) is 17.9. The van der Waals surface area contributed by atoms with Crippen LogP contribution in [0.3, 0.4) is 0 Å². The summed E-state index contributed by atoms with van der Waals surface area (Å²) in [5.74, 6) is -1.41. The van der Waals surface area contributed by atoms with Crippen LogP contribution in [0.25, 0.3) is 17.6 Å². The summed E-state index contributed by atoms with van der Waals surface area (Å²) in [6, 6.07) is 0.973. The fraction of sp³-hybridized carbons (Fsp3) is 0.300. The third-order valence-electron chi connectivity index (χ3n) is 4.42. The molecule has 35 heavy (non-hydrogen) atoms. The third-order valence-corrected chi connectivity index (χ3v) is 4.42. The van der Waals surface area contributed by atoms with Crippen LogP contribution in [0.15, 0.2) is 42.4 Å². The number of hydrogen-bond donors (Lipinski definition) is 1. The van der Waals surface area contributed by atoms with Crippen molar-refractivity contribution in [2.75, 3.05) is 26.9 Å². The molecule has 9 nitrogen and oxygen atoms in total. The fourth-order valence-electron chi connectivity index (χ4n) is 2.81. The molecule has 2 heterocycles. The van der Waals surface area contributed by atoms with Crippen LogP contribution in [-0.4, -0.2) is 58.5 Å². The topological polar surface area (TPSA) is 98.6 Å². The molecule has 2 amide bonds. The van der Waals surface area contributed by atoms with Gasteiger partial charge in [0.15, 0.2) is 5.82 Å². The van der Waals surface area contributed by atoms with E-state index in [-0.39, 0.29) is 19.2 Å². The molecular weight excluding hydrogens is 488 g/mol. The molecule has 0 atom stereocenters. The van der Waals surface area contributed by atoms with Gasteiger partial charge < -0.3 is 9.47 Å². The number of amides is 2. The SMILES string of the molecule is COCCOC1=CC(=O)N(NC(=O)/C=C\n2cnc(-c3cc(C(F)(F)F)cc(C(F)(F)F)c3)n2)C1. The molecule has 15 heteroatoms. The van der Waals surface area contributed by atoms with Gasteiger partial charge in [-0.2, -0.15) is 26.3 Å². The standard InChI is InChI=1S/C20H17F6N5O4/c1-34-4-5-35-15-9-17(33)31(10-15)28-16(32)2-3-30-11-27-18(29-30)12-6-13(19(21,22)23)8-14(7-12)20(24,25)26/h2-3,6-9,11H,4-5,10H2,1H3,(H,28,32)/b3-2-. The van der Waals surface area contributed by atoms with E-state index in [9.17, 15) is 35.9 Å². The Kier molecular flexibility index (Phi) is 7.48. The summed E-state index contributed by atoms with van der Waals surface area (Å²) < 4.78 is 89.3. The molecule has 2 aromatic rings. The minimum atomic E-state index is -5.02. The zero-order chi connectivity index (χ0) is 25.8. The number of ether oxygens (including phenoxy) is 2. The van der Waals surface area contributed by atoms with Crippen LogP contribution in [0.4, 0.5) is 26.3 Å². The molecule has 0 fully saturated rings. The highest BCUT2D eigenvalue weighted by atomic mass is 19.4. The van der Waals surface area contributed by atoms with E-state index in [2.05, 4.69) is 15.5 Å². The first kappa shape index (κ1) is 25.7. The van der Waals surface area contributed by atoms with Gasteiger partial charge in [0.1, 0.15) is 25.2 Å². The van der Waals surface area contributed by atoms with Gasteiger partial charge in [-0.3, -0.25) is 15.0 Å². The highest BCUT2D eigenvalue weighted by molar-refractivity contribution is 5.95. The summed E-state index contributed by atoms with van der Waals surface area (Å²) in [5, 5.41) is 4.76. The number of methoxy groups -OCH3 is 1. The van der Waals surface area contributed by atoms with E-state index in [1.807, 2.05) is 0 Å². The van der Waals surface area contributed by atoms with E-state index in [0.717, 1.165) is 28.3 Å². The van der Waals surface area contributed by atoms with Crippen molar-refractivity contribution in [2.45, 2.75) is 12.4 Å². The van der Waals surface area contributed by atoms with Gasteiger partial charge >= 0.3 is 12.4 Å². The summed E-state index contributed by atoms with van der Waals surface area (Å²) >= 11 is 0. The van der Waals surface area contributed by atoms with Crippen LogP contribution in [0.1, 0.15) is 11.1 Å². The Bertz CT molecular complexity index is 1120. The van der Waals surface area contributed by atoms with E-state index in [1.165, 1.54) is 13.2 Å². The predicted octanol–water partition coefficient (Wildman–Crippen LogP) is 2.87. The van der Waals surface area contributed by atoms with Crippen molar-refractivity contribution in [2.24, 2.45) is 0 Å². The molecule has 0 aliphatic carbocycles. The third kappa shape index (κ3) is 6.81. The Labute approximate surface area is 193 Å². The molecule has 1 aromatic carbocycles. The number of rotatable bonds is 8. The molecule has 3 rings (SSSR count). The lowest BCUT2D eigenvalue weighted by atomic mass is 10.0. The molecule has 0 radical (unpaired) electrons. The van der Waals surface area contributed by atoms with Crippen molar-refractivity contribution < 1.29 is 45.4 Å². The van der Waals surface area contributed by atoms with Gasteiger partial charge in [-0.05, 0) is 18.2 Å². The van der Waals surface area contributed by atoms with Crippen molar-refractivity contribution in [3.63, 3.8) is 0 Å². The highest BCUT2D eigenvalue weighted by Gasteiger charge is 2.37. The van der Waals surface area contributed by atoms with Crippen LogP contribution in [0, 0.1) is 0 Å². The Balaban J connectivity index is 1.68. The lowest BCUT2D eigenvalue weighted by Gasteiger charge is -2.16. The van der Waals surface area contributed by atoms with Crippen LogP contribution in [0.2, 0.25) is 0 Å². The molecule has 0 unspecified atom stereocenters. The second-order valence-corrected chi connectivity index (χ2v) is 7.01. The van der Waals surface area contributed by atoms with Gasteiger partial charge in [-0.25, -0.2) is 14.7 Å². The number of nitrogens with one attached hydrogen (secondary N) is 1. The van der Waals surface area contributed by atoms with E-state index in [0.29, 0.717) is 24.5 Å². The summed E-state index contributed by atoms with van der Waals surface area (Å²) in [5.41, 5.74) is -1.25. The number of carbonyl (C=O) groups is 2. The second-order valence-electron chi connectivity index (χ2n) is 7.01. The van der Waals surface area contributed by atoms with Gasteiger partial charge in [-0.1, -0.05) is 0 Å². The molecule has 1 aromatic heterocycles. The molecule has 1 aliphatic heterocycles. The molecule has 0 saturated heterocycles. The summed E-state index contributed by atoms with van der Waals surface area (Å²) in [4.78, 5) is 27.7. The largest absolute Gasteiger partial charge is 0.493 e. The quantitative estimate of drug-likeness (QED) is 0.337. The normalized spacial score (nSPS) is 14.5. The first-order valence-electron chi connectivity index (χ1n) is 9.70. The zero-order valence-corrected chi connectivity index (χ0v) is 17.9. The first-order chi connectivity index (χ1) is 16.4. The van der Waals surface area contributed by atoms with Crippen molar-refractivity contribution in [1.82, 2.24) is 25.2 Å². The number of carbonyl (C=O) groups excluding carboxylic acids is 2. The number of alkyl halides is 6. The van der Waals surface area contributed by atoms with Crippen LogP contribution in [-0.2, 0) is 31.4 Å². The number of benzene rings is 1. The van der Waals surface area contributed by atoms with Crippen molar-refractivity contribution in [3.8, 4) is 11.4 Å². The Hall–Kier alpha value is -3.88. The molecule has 0 saturated carbocycles.